The van der Waals surface area contributed by atoms with Crippen LogP contribution >= 0.6 is 0 Å². The van der Waals surface area contributed by atoms with Gasteiger partial charge in [0.2, 0.25) is 0 Å². The third-order valence-electron chi connectivity index (χ3n) is 11.7. The van der Waals surface area contributed by atoms with Gasteiger partial charge in [-0.25, -0.2) is 11.7 Å². The molecule has 6 aromatic rings. The summed E-state index contributed by atoms with van der Waals surface area (Å²) in [5.41, 5.74) is 0.0874. The molecule has 2 amide bonds. The largest absolute Gasteiger partial charge is 0.496 e. The van der Waals surface area contributed by atoms with E-state index in [2.05, 4.69) is 30.6 Å². The second kappa shape index (κ2) is 23.1. The number of ether oxygens (including phenoxy) is 3. The number of hydrogen-bond acceptors (Lipinski definition) is 16. The smallest absolute Gasteiger partial charge is 0.420 e. The zero-order chi connectivity index (χ0) is 53.3. The molecule has 1 aliphatic rings. The highest BCUT2D eigenvalue weighted by molar-refractivity contribution is 6.06. The van der Waals surface area contributed by atoms with E-state index in [1.807, 2.05) is 4.90 Å². The molecule has 18 nitrogen and oxygen atoms in total. The van der Waals surface area contributed by atoms with Crippen molar-refractivity contribution < 1.29 is 50.1 Å². The topological polar surface area (TPSA) is 247 Å². The molecule has 0 unspecified atom stereocenters. The second-order valence-electron chi connectivity index (χ2n) is 17.1. The monoisotopic (exact) mass is 1030 g/mol. The molecule has 2 aromatic carbocycles. The number of rotatable bonds is 20. The number of carbonyl (C=O) groups excluding carboxylic acids is 2. The van der Waals surface area contributed by atoms with Crippen LogP contribution in [0.2, 0.25) is 0 Å². The molecular weight excluding hydrogens is 977 g/mol. The van der Waals surface area contributed by atoms with Crippen LogP contribution < -0.4 is 46.5 Å². The second-order valence-corrected chi connectivity index (χ2v) is 17.1. The van der Waals surface area contributed by atoms with Crippen LogP contribution in [0.4, 0.5) is 49.1 Å². The summed E-state index contributed by atoms with van der Waals surface area (Å²) in [7, 11) is 2.56. The van der Waals surface area contributed by atoms with Crippen LogP contribution in [0, 0.1) is 17.7 Å². The molecule has 0 spiro atoms. The molecule has 0 saturated carbocycles. The standard InChI is InChI=1S/C50H51F6N13O5/c1-29-44(16-33(22-63-29)47(70)65-36-6-7-46(73-3)40(19-36)50(54,55)56)68(59)27-41(57)32-15-39(25-62-21-32)74-11-8-43-45(69(60)28-42(58)31-14-38(72-2)24-61-20-31)17-34(23-64-43)48(71)66-37-13-30(26-67-9-4-5-10-67)12-35(18-37)49(51,52)53/h6-7,12-25,57-58H,4-5,8-11,26-28,59-60H2,1-3H3,(H,65,70)(H,66,71). The molecule has 0 aliphatic carbocycles. The Kier molecular flexibility index (Phi) is 16.7. The lowest BCUT2D eigenvalue weighted by atomic mass is 10.1. The Morgan fingerprint density at radius 2 is 1.28 bits per heavy atom. The zero-order valence-corrected chi connectivity index (χ0v) is 40.2. The summed E-state index contributed by atoms with van der Waals surface area (Å²) in [5.74, 6) is 11.7. The van der Waals surface area contributed by atoms with Crippen LogP contribution in [-0.4, -0.2) is 95.1 Å². The fraction of sp³-hybridized carbons (Fsp3) is 0.280. The van der Waals surface area contributed by atoms with Gasteiger partial charge < -0.3 is 45.7 Å². The van der Waals surface area contributed by atoms with E-state index in [4.69, 9.17) is 36.7 Å². The molecule has 0 radical (unpaired) electrons. The predicted octanol–water partition coefficient (Wildman–Crippen LogP) is 7.85. The number of nitrogens with zero attached hydrogens (tertiary/aromatic N) is 7. The fourth-order valence-electron chi connectivity index (χ4n) is 7.93. The Balaban J connectivity index is 1.04. The summed E-state index contributed by atoms with van der Waals surface area (Å²) in [4.78, 5) is 46.0. The first-order valence-corrected chi connectivity index (χ1v) is 22.7. The number of pyridine rings is 4. The van der Waals surface area contributed by atoms with Crippen molar-refractivity contribution >= 4 is 46.0 Å². The van der Waals surface area contributed by atoms with Gasteiger partial charge in [-0.1, -0.05) is 0 Å². The van der Waals surface area contributed by atoms with Gasteiger partial charge in [0, 0.05) is 60.3 Å². The van der Waals surface area contributed by atoms with E-state index < -0.39 is 41.0 Å². The first kappa shape index (κ1) is 53.6. The number of likely N-dealkylation sites (tertiary alicyclic amines) is 1. The predicted molar refractivity (Wildman–Crippen MR) is 264 cm³/mol. The maximum atomic E-state index is 14.0. The quantitative estimate of drug-likeness (QED) is 0.0185. The number of hydrazine groups is 2. The lowest BCUT2D eigenvalue weighted by Gasteiger charge is -2.23. The number of nitrogens with one attached hydrogen (secondary N) is 4. The fourth-order valence-corrected chi connectivity index (χ4v) is 7.93. The Morgan fingerprint density at radius 3 is 1.91 bits per heavy atom. The van der Waals surface area contributed by atoms with Crippen LogP contribution in [0.3, 0.4) is 0 Å². The van der Waals surface area contributed by atoms with Crippen molar-refractivity contribution in [3.63, 3.8) is 0 Å². The minimum absolute atomic E-state index is 0.0177. The Labute approximate surface area is 420 Å². The zero-order valence-electron chi connectivity index (χ0n) is 40.2. The summed E-state index contributed by atoms with van der Waals surface area (Å²) in [6.45, 7) is 2.99. The van der Waals surface area contributed by atoms with Gasteiger partial charge in [0.1, 0.15) is 17.2 Å². The Hall–Kier alpha value is -8.22. The number of hydrogen-bond donors (Lipinski definition) is 6. The van der Waals surface area contributed by atoms with E-state index in [1.165, 1.54) is 78.6 Å². The van der Waals surface area contributed by atoms with E-state index in [0.29, 0.717) is 33.8 Å². The molecule has 0 atom stereocenters. The van der Waals surface area contributed by atoms with E-state index in [0.717, 1.165) is 57.3 Å². The first-order valence-electron chi connectivity index (χ1n) is 22.7. The van der Waals surface area contributed by atoms with E-state index in [9.17, 15) is 35.9 Å². The van der Waals surface area contributed by atoms with Crippen LogP contribution in [0.5, 0.6) is 17.2 Å². The van der Waals surface area contributed by atoms with E-state index in [1.54, 1.807) is 19.1 Å². The third-order valence-corrected chi connectivity index (χ3v) is 11.7. The number of benzene rings is 2. The summed E-state index contributed by atoms with van der Waals surface area (Å²) >= 11 is 0. The molecule has 5 heterocycles. The summed E-state index contributed by atoms with van der Waals surface area (Å²) in [5, 5.41) is 25.0. The van der Waals surface area contributed by atoms with Crippen molar-refractivity contribution in [2.24, 2.45) is 11.7 Å². The molecule has 7 rings (SSSR count). The van der Waals surface area contributed by atoms with Crippen molar-refractivity contribution in [1.29, 1.82) is 10.8 Å². The molecule has 8 N–H and O–H groups in total. The molecule has 74 heavy (non-hydrogen) atoms. The van der Waals surface area contributed by atoms with Crippen molar-refractivity contribution in [3.8, 4) is 17.2 Å². The molecule has 1 saturated heterocycles. The van der Waals surface area contributed by atoms with Crippen molar-refractivity contribution in [1.82, 2.24) is 24.8 Å². The highest BCUT2D eigenvalue weighted by atomic mass is 19.4. The number of anilines is 4. The van der Waals surface area contributed by atoms with Gasteiger partial charge in [-0.05, 0) is 99.1 Å². The average molecular weight is 1030 g/mol. The SMILES string of the molecule is COc1cncc(C(=N)CN(N)c2cc(C(=O)Nc3cc(CN4CCCC4)cc(C(F)(F)F)c3)cnc2CCOc2cncc(C(=N)CN(N)c3cc(C(=O)Nc4ccc(OC)c(C(F)(F)F)c4)cnc3C)c2)c1. The van der Waals surface area contributed by atoms with Crippen LogP contribution in [-0.2, 0) is 25.3 Å². The number of methoxy groups -OCH3 is 2. The lowest BCUT2D eigenvalue weighted by Crippen LogP contribution is -2.37. The van der Waals surface area contributed by atoms with Gasteiger partial charge in [0.15, 0.2) is 0 Å². The number of alkyl halides is 6. The average Bonchev–Trinajstić information content (AvgIpc) is 3.89. The van der Waals surface area contributed by atoms with Crippen LogP contribution in [0.15, 0.2) is 97.8 Å². The molecule has 1 fully saturated rings. The number of aromatic nitrogens is 4. The lowest BCUT2D eigenvalue weighted by molar-refractivity contribution is -0.139. The van der Waals surface area contributed by atoms with Gasteiger partial charge >= 0.3 is 12.4 Å². The highest BCUT2D eigenvalue weighted by Crippen LogP contribution is 2.38. The number of halogens is 6. The number of amides is 2. The van der Waals surface area contributed by atoms with Crippen molar-refractivity contribution in [2.45, 2.75) is 45.1 Å². The molecule has 1 aliphatic heterocycles. The van der Waals surface area contributed by atoms with Crippen molar-refractivity contribution in [2.75, 3.05) is 67.7 Å². The number of aryl methyl sites for hydroxylation is 1. The molecular formula is C50H51F6N13O5. The summed E-state index contributed by atoms with van der Waals surface area (Å²) in [6, 6.07) is 12.5. The molecule has 4 aromatic heterocycles. The summed E-state index contributed by atoms with van der Waals surface area (Å²) in [6.07, 6.45) is 0.832. The first-order chi connectivity index (χ1) is 35.2. The third kappa shape index (κ3) is 13.6. The van der Waals surface area contributed by atoms with Crippen LogP contribution in [0.1, 0.15) is 72.8 Å². The minimum atomic E-state index is -4.74. The van der Waals surface area contributed by atoms with Gasteiger partial charge in [-0.3, -0.25) is 34.4 Å². The minimum Gasteiger partial charge on any atom is -0.496 e. The van der Waals surface area contributed by atoms with Crippen molar-refractivity contribution in [3.05, 3.63) is 148 Å². The number of carbonyl (C=O) groups is 2. The van der Waals surface area contributed by atoms with Gasteiger partial charge in [0.05, 0.1) is 103 Å². The maximum Gasteiger partial charge on any atom is 0.420 e. The highest BCUT2D eigenvalue weighted by Gasteiger charge is 2.35. The molecule has 388 valence electrons. The van der Waals surface area contributed by atoms with Crippen LogP contribution in [0.25, 0.3) is 0 Å². The molecule has 0 bridgehead atoms. The maximum absolute atomic E-state index is 14.0. The van der Waals surface area contributed by atoms with Gasteiger partial charge in [-0.15, -0.1) is 0 Å². The van der Waals surface area contributed by atoms with E-state index in [-0.39, 0.29) is 83.7 Å². The van der Waals surface area contributed by atoms with E-state index >= 15 is 0 Å². The van der Waals surface area contributed by atoms with Gasteiger partial charge in [-0.2, -0.15) is 26.3 Å². The van der Waals surface area contributed by atoms with Gasteiger partial charge in [0.25, 0.3) is 11.8 Å². The molecule has 24 heteroatoms. The summed E-state index contributed by atoms with van der Waals surface area (Å²) < 4.78 is 99.0. The number of nitrogens with two attached hydrogens (primary N) is 2. The normalized spacial score (nSPS) is 12.7. The Morgan fingerprint density at radius 1 is 0.689 bits per heavy atom. The Bertz CT molecular complexity index is 3040.